The van der Waals surface area contributed by atoms with Crippen LogP contribution in [0.5, 0.6) is 0 Å². The van der Waals surface area contributed by atoms with E-state index in [4.69, 9.17) is 22.1 Å². The molecule has 1 aromatic rings. The average molecular weight is 504 g/mol. The summed E-state index contributed by atoms with van der Waals surface area (Å²) in [7, 11) is -3.71. The second-order valence-corrected chi connectivity index (χ2v) is 13.0. The molecular weight excluding hydrogens is 474 g/mol. The van der Waals surface area contributed by atoms with Crippen molar-refractivity contribution in [1.82, 2.24) is 9.62 Å². The van der Waals surface area contributed by atoms with Gasteiger partial charge in [0.25, 0.3) is 0 Å². The molecule has 32 heavy (non-hydrogen) atoms. The highest BCUT2D eigenvalue weighted by Crippen LogP contribution is 2.50. The zero-order valence-electron chi connectivity index (χ0n) is 17.9. The minimum absolute atomic E-state index is 0.165. The van der Waals surface area contributed by atoms with Gasteiger partial charge < -0.3 is 15.4 Å². The van der Waals surface area contributed by atoms with Gasteiger partial charge in [-0.05, 0) is 56.6 Å². The molecule has 1 aliphatic heterocycles. The van der Waals surface area contributed by atoms with Crippen LogP contribution in [0.4, 0.5) is 4.79 Å². The van der Waals surface area contributed by atoms with Gasteiger partial charge in [-0.25, -0.2) is 17.9 Å². The first-order valence-corrected chi connectivity index (χ1v) is 13.9. The van der Waals surface area contributed by atoms with Crippen molar-refractivity contribution >= 4 is 45.0 Å². The molecule has 4 rings (SSSR count). The maximum absolute atomic E-state index is 13.1. The molecule has 3 aliphatic rings. The molecule has 178 valence electrons. The van der Waals surface area contributed by atoms with Crippen molar-refractivity contribution in [3.63, 3.8) is 0 Å². The number of nitrogens with one attached hydrogen (secondary N) is 1. The van der Waals surface area contributed by atoms with E-state index in [9.17, 15) is 18.0 Å². The van der Waals surface area contributed by atoms with Crippen LogP contribution in [0.3, 0.4) is 0 Å². The fourth-order valence-corrected chi connectivity index (χ4v) is 8.47. The van der Waals surface area contributed by atoms with Crippen LogP contribution in [-0.4, -0.2) is 51.1 Å². The Balaban J connectivity index is 1.48. The predicted octanol–water partition coefficient (Wildman–Crippen LogP) is 3.35. The Labute approximate surface area is 197 Å². The highest BCUT2D eigenvalue weighted by atomic mass is 35.5. The summed E-state index contributed by atoms with van der Waals surface area (Å²) in [6.45, 7) is 0.977. The SMILES string of the molecule is NC(=O)[C@@H]1CCCN(C(=O)OC[C@@]23CCCC[C@@H](CC2)[C@@H]3NS(=O)(=O)c2ccc(Cl)s2)C1. The Morgan fingerprint density at radius 2 is 2.03 bits per heavy atom. The molecule has 2 aliphatic carbocycles. The van der Waals surface area contributed by atoms with Gasteiger partial charge in [0.2, 0.25) is 15.9 Å². The fourth-order valence-electron chi connectivity index (χ4n) is 5.56. The number of halogens is 1. The van der Waals surface area contributed by atoms with Crippen molar-refractivity contribution in [2.45, 2.75) is 61.6 Å². The van der Waals surface area contributed by atoms with Crippen molar-refractivity contribution in [3.8, 4) is 0 Å². The van der Waals surface area contributed by atoms with Crippen LogP contribution in [0.1, 0.15) is 51.4 Å². The van der Waals surface area contributed by atoms with Gasteiger partial charge >= 0.3 is 6.09 Å². The van der Waals surface area contributed by atoms with Gasteiger partial charge in [-0.1, -0.05) is 24.4 Å². The number of sulfonamides is 1. The van der Waals surface area contributed by atoms with E-state index in [-0.39, 0.29) is 35.2 Å². The Kier molecular flexibility index (Phi) is 7.05. The number of thiophene rings is 1. The van der Waals surface area contributed by atoms with E-state index in [0.29, 0.717) is 23.7 Å². The lowest BCUT2D eigenvalue weighted by atomic mass is 9.79. The number of amides is 2. The lowest BCUT2D eigenvalue weighted by Crippen LogP contribution is -2.50. The predicted molar refractivity (Wildman–Crippen MR) is 122 cm³/mol. The summed E-state index contributed by atoms with van der Waals surface area (Å²) in [4.78, 5) is 25.9. The van der Waals surface area contributed by atoms with Gasteiger partial charge in [-0.2, -0.15) is 0 Å². The highest BCUT2D eigenvalue weighted by molar-refractivity contribution is 7.91. The molecule has 2 bridgehead atoms. The monoisotopic (exact) mass is 503 g/mol. The quantitative estimate of drug-likeness (QED) is 0.617. The lowest BCUT2D eigenvalue weighted by Gasteiger charge is -2.37. The Bertz CT molecular complexity index is 968. The number of likely N-dealkylation sites (tertiary alicyclic amines) is 1. The molecule has 2 saturated carbocycles. The van der Waals surface area contributed by atoms with E-state index in [1.807, 2.05) is 0 Å². The number of carbonyl (C=O) groups excluding carboxylic acids is 2. The molecule has 8 nitrogen and oxygen atoms in total. The number of nitrogens with zero attached hydrogens (tertiary/aromatic N) is 1. The van der Waals surface area contributed by atoms with Crippen LogP contribution < -0.4 is 10.5 Å². The van der Waals surface area contributed by atoms with Crippen molar-refractivity contribution in [1.29, 1.82) is 0 Å². The van der Waals surface area contributed by atoms with Crippen molar-refractivity contribution < 1.29 is 22.7 Å². The van der Waals surface area contributed by atoms with Gasteiger partial charge in [0.15, 0.2) is 0 Å². The first kappa shape index (κ1) is 23.8. The second-order valence-electron chi connectivity index (χ2n) is 9.31. The Hall–Kier alpha value is -1.36. The number of rotatable bonds is 6. The van der Waals surface area contributed by atoms with Crippen LogP contribution >= 0.6 is 22.9 Å². The Morgan fingerprint density at radius 1 is 1.22 bits per heavy atom. The maximum Gasteiger partial charge on any atom is 0.409 e. The zero-order chi connectivity index (χ0) is 22.9. The minimum Gasteiger partial charge on any atom is -0.449 e. The molecule has 3 N–H and O–H groups in total. The summed E-state index contributed by atoms with van der Waals surface area (Å²) in [5.41, 5.74) is 5.00. The van der Waals surface area contributed by atoms with Gasteiger partial charge in [0.05, 0.1) is 10.3 Å². The van der Waals surface area contributed by atoms with Gasteiger partial charge in [0.1, 0.15) is 10.8 Å². The molecule has 0 radical (unpaired) electrons. The van der Waals surface area contributed by atoms with E-state index in [1.54, 1.807) is 11.0 Å². The van der Waals surface area contributed by atoms with Crippen LogP contribution in [0, 0.1) is 17.3 Å². The highest BCUT2D eigenvalue weighted by Gasteiger charge is 2.51. The third-order valence-corrected chi connectivity index (χ3v) is 10.5. The summed E-state index contributed by atoms with van der Waals surface area (Å²) in [5, 5.41) is 0. The average Bonchev–Trinajstić information content (AvgIpc) is 3.28. The standard InChI is InChI=1S/C21H30ClN3O5S2/c22-16-6-7-17(31-16)32(28,29)24-18-14-4-1-2-9-21(18,10-8-14)13-30-20(27)25-11-3-5-15(12-25)19(23)26/h6-7,14-15,18,24H,1-5,8-13H2,(H2,23,26)/t14-,15+,18-,21+/m0/s1. The number of hydrogen-bond donors (Lipinski definition) is 2. The van der Waals surface area contributed by atoms with Crippen molar-refractivity contribution in [3.05, 3.63) is 16.5 Å². The molecule has 2 amide bonds. The smallest absolute Gasteiger partial charge is 0.409 e. The van der Waals surface area contributed by atoms with E-state index >= 15 is 0 Å². The topological polar surface area (TPSA) is 119 Å². The zero-order valence-corrected chi connectivity index (χ0v) is 20.3. The second kappa shape index (κ2) is 9.48. The number of hydrogen-bond acceptors (Lipinski definition) is 6. The number of fused-ring (bicyclic) bond motifs is 2. The molecular formula is C21H30ClN3O5S2. The third kappa shape index (κ3) is 4.93. The molecule has 0 spiro atoms. The van der Waals surface area contributed by atoms with Crippen LogP contribution in [-0.2, 0) is 19.6 Å². The van der Waals surface area contributed by atoms with E-state index in [0.717, 1.165) is 49.9 Å². The normalized spacial score (nSPS) is 30.7. The summed E-state index contributed by atoms with van der Waals surface area (Å²) in [6.07, 6.45) is 6.43. The maximum atomic E-state index is 13.1. The molecule has 3 fully saturated rings. The first-order valence-electron chi connectivity index (χ1n) is 11.2. The molecule has 0 aromatic carbocycles. The number of ether oxygens (including phenoxy) is 1. The third-order valence-electron chi connectivity index (χ3n) is 7.30. The van der Waals surface area contributed by atoms with Crippen LogP contribution in [0.2, 0.25) is 4.34 Å². The number of piperidine rings is 1. The number of carbonyl (C=O) groups is 2. The fraction of sp³-hybridized carbons (Fsp3) is 0.714. The summed E-state index contributed by atoms with van der Waals surface area (Å²) in [5.74, 6) is -0.525. The van der Waals surface area contributed by atoms with Crippen LogP contribution in [0.15, 0.2) is 16.3 Å². The Morgan fingerprint density at radius 3 is 2.75 bits per heavy atom. The van der Waals surface area contributed by atoms with Gasteiger partial charge in [0, 0.05) is 24.5 Å². The van der Waals surface area contributed by atoms with Gasteiger partial charge in [-0.15, -0.1) is 11.3 Å². The van der Waals surface area contributed by atoms with Gasteiger partial charge in [-0.3, -0.25) is 4.79 Å². The summed E-state index contributed by atoms with van der Waals surface area (Å²) < 4.78 is 35.4. The van der Waals surface area contributed by atoms with Crippen molar-refractivity contribution in [2.75, 3.05) is 19.7 Å². The van der Waals surface area contributed by atoms with Crippen LogP contribution in [0.25, 0.3) is 0 Å². The molecule has 1 saturated heterocycles. The first-order chi connectivity index (χ1) is 15.2. The lowest BCUT2D eigenvalue weighted by molar-refractivity contribution is -0.123. The number of nitrogens with two attached hydrogens (primary N) is 1. The molecule has 2 heterocycles. The van der Waals surface area contributed by atoms with E-state index < -0.39 is 27.4 Å². The van der Waals surface area contributed by atoms with E-state index in [1.165, 1.54) is 6.07 Å². The molecule has 11 heteroatoms. The van der Waals surface area contributed by atoms with E-state index in [2.05, 4.69) is 4.72 Å². The largest absolute Gasteiger partial charge is 0.449 e. The summed E-state index contributed by atoms with van der Waals surface area (Å²) in [6, 6.07) is 2.81. The number of primary amides is 1. The molecule has 1 aromatic heterocycles. The minimum atomic E-state index is -3.71. The van der Waals surface area contributed by atoms with Crippen molar-refractivity contribution in [2.24, 2.45) is 23.0 Å². The molecule has 4 atom stereocenters. The molecule has 0 unspecified atom stereocenters. The summed E-state index contributed by atoms with van der Waals surface area (Å²) >= 11 is 6.99.